The van der Waals surface area contributed by atoms with Crippen molar-refractivity contribution in [1.82, 2.24) is 0 Å². The minimum atomic E-state index is -0.450. The molecule has 0 saturated heterocycles. The number of rotatable bonds is 12. The molecule has 0 spiro atoms. The summed E-state index contributed by atoms with van der Waals surface area (Å²) in [4.78, 5) is 0. The highest BCUT2D eigenvalue weighted by Crippen LogP contribution is 2.17. The van der Waals surface area contributed by atoms with E-state index in [9.17, 15) is 5.11 Å². The number of ether oxygens (including phenoxy) is 2. The molecule has 3 N–H and O–H groups in total. The Bertz CT molecular complexity index is 406. The minimum absolute atomic E-state index is 0.323. The van der Waals surface area contributed by atoms with E-state index in [0.717, 1.165) is 17.4 Å². The number of hydrogen-bond donors (Lipinski definition) is 2. The van der Waals surface area contributed by atoms with Crippen molar-refractivity contribution >= 4 is 0 Å². The number of aliphatic hydroxyl groups is 1. The van der Waals surface area contributed by atoms with Crippen LogP contribution in [0.5, 0.6) is 11.5 Å². The van der Waals surface area contributed by atoms with Crippen molar-refractivity contribution in [2.45, 2.75) is 59.1 Å². The van der Waals surface area contributed by atoms with Gasteiger partial charge in [-0.15, -0.1) is 0 Å². The van der Waals surface area contributed by atoms with E-state index in [4.69, 9.17) is 9.47 Å². The van der Waals surface area contributed by atoms with Crippen molar-refractivity contribution in [3.8, 4) is 11.5 Å². The molecule has 4 heteroatoms. The van der Waals surface area contributed by atoms with Crippen molar-refractivity contribution in [3.63, 3.8) is 0 Å². The van der Waals surface area contributed by atoms with Gasteiger partial charge in [-0.25, -0.2) is 0 Å². The molecular formula is C19H34NO3+. The van der Waals surface area contributed by atoms with E-state index < -0.39 is 6.10 Å². The number of hydrogen-bond acceptors (Lipinski definition) is 3. The standard InChI is InChI=1S/C19H33NO3/c1-5-22-18-9-11-19(12-10-18)23-14-17(21)13-20-16(4)8-6-7-15(2)3/h9-12,15-17,20-21H,5-8,13-14H2,1-4H3/p+1/t16-,17-/m1/s1. The Balaban J connectivity index is 2.17. The lowest BCUT2D eigenvalue weighted by molar-refractivity contribution is -0.692. The average molecular weight is 324 g/mol. The Hall–Kier alpha value is -1.26. The fourth-order valence-electron chi connectivity index (χ4n) is 2.41. The number of benzene rings is 1. The molecule has 0 aliphatic heterocycles. The zero-order valence-corrected chi connectivity index (χ0v) is 15.1. The van der Waals surface area contributed by atoms with Crippen molar-refractivity contribution in [1.29, 1.82) is 0 Å². The molecule has 0 unspecified atom stereocenters. The van der Waals surface area contributed by atoms with Gasteiger partial charge in [0.2, 0.25) is 0 Å². The van der Waals surface area contributed by atoms with Crippen molar-refractivity contribution < 1.29 is 19.9 Å². The minimum Gasteiger partial charge on any atom is -0.494 e. The van der Waals surface area contributed by atoms with Gasteiger partial charge in [-0.3, -0.25) is 0 Å². The third kappa shape index (κ3) is 9.47. The van der Waals surface area contributed by atoms with Crippen LogP contribution >= 0.6 is 0 Å². The highest BCUT2D eigenvalue weighted by molar-refractivity contribution is 5.31. The Labute approximate surface area is 141 Å². The maximum Gasteiger partial charge on any atom is 0.137 e. The zero-order valence-electron chi connectivity index (χ0n) is 15.1. The maximum atomic E-state index is 10.0. The van der Waals surface area contributed by atoms with Gasteiger partial charge in [0.05, 0.1) is 12.6 Å². The van der Waals surface area contributed by atoms with Gasteiger partial charge in [0.15, 0.2) is 0 Å². The van der Waals surface area contributed by atoms with E-state index in [1.807, 2.05) is 31.2 Å². The zero-order chi connectivity index (χ0) is 17.1. The maximum absolute atomic E-state index is 10.0. The highest BCUT2D eigenvalue weighted by Gasteiger charge is 2.11. The number of nitrogens with two attached hydrogens (primary N) is 1. The monoisotopic (exact) mass is 324 g/mol. The van der Waals surface area contributed by atoms with Crippen LogP contribution in [-0.2, 0) is 0 Å². The van der Waals surface area contributed by atoms with E-state index in [2.05, 4.69) is 26.1 Å². The van der Waals surface area contributed by atoms with Crippen LogP contribution in [0, 0.1) is 5.92 Å². The average Bonchev–Trinajstić information content (AvgIpc) is 2.52. The molecule has 0 aliphatic carbocycles. The topological polar surface area (TPSA) is 55.3 Å². The van der Waals surface area contributed by atoms with Gasteiger partial charge in [0.25, 0.3) is 0 Å². The van der Waals surface area contributed by atoms with Crippen molar-refractivity contribution in [2.75, 3.05) is 19.8 Å². The van der Waals surface area contributed by atoms with Crippen LogP contribution < -0.4 is 14.8 Å². The lowest BCUT2D eigenvalue weighted by atomic mass is 10.0. The van der Waals surface area contributed by atoms with Gasteiger partial charge in [-0.1, -0.05) is 20.3 Å². The summed E-state index contributed by atoms with van der Waals surface area (Å²) in [7, 11) is 0. The second-order valence-corrected chi connectivity index (χ2v) is 6.64. The van der Waals surface area contributed by atoms with Crippen molar-refractivity contribution in [2.24, 2.45) is 5.92 Å². The molecule has 1 aromatic rings. The molecule has 2 atom stereocenters. The second-order valence-electron chi connectivity index (χ2n) is 6.64. The third-order valence-electron chi connectivity index (χ3n) is 3.83. The molecule has 0 radical (unpaired) electrons. The summed E-state index contributed by atoms with van der Waals surface area (Å²) < 4.78 is 11.0. The molecule has 132 valence electrons. The molecule has 0 fully saturated rings. The van der Waals surface area contributed by atoms with E-state index in [1.165, 1.54) is 19.3 Å². The van der Waals surface area contributed by atoms with Crippen LogP contribution in [0.1, 0.15) is 47.0 Å². The van der Waals surface area contributed by atoms with Gasteiger partial charge >= 0.3 is 0 Å². The molecule has 23 heavy (non-hydrogen) atoms. The Morgan fingerprint density at radius 1 is 1.00 bits per heavy atom. The summed E-state index contributed by atoms with van der Waals surface area (Å²) in [6, 6.07) is 8.06. The lowest BCUT2D eigenvalue weighted by Gasteiger charge is -2.15. The molecule has 0 bridgehead atoms. The summed E-state index contributed by atoms with van der Waals surface area (Å²) in [5.41, 5.74) is 0. The quantitative estimate of drug-likeness (QED) is 0.621. The largest absolute Gasteiger partial charge is 0.494 e. The summed E-state index contributed by atoms with van der Waals surface area (Å²) in [5.74, 6) is 2.37. The van der Waals surface area contributed by atoms with E-state index in [-0.39, 0.29) is 0 Å². The summed E-state index contributed by atoms with van der Waals surface area (Å²) in [6.45, 7) is 10.4. The van der Waals surface area contributed by atoms with Crippen LogP contribution in [0.25, 0.3) is 0 Å². The SMILES string of the molecule is CCOc1ccc(OC[C@H](O)C[NH2+][C@H](C)CCCC(C)C)cc1. The fourth-order valence-corrected chi connectivity index (χ4v) is 2.41. The molecule has 1 rings (SSSR count). The van der Waals surface area contributed by atoms with Gasteiger partial charge in [0.1, 0.15) is 30.8 Å². The molecule has 0 aliphatic rings. The Morgan fingerprint density at radius 3 is 2.17 bits per heavy atom. The predicted octanol–water partition coefficient (Wildman–Crippen LogP) is 2.60. The highest BCUT2D eigenvalue weighted by atomic mass is 16.5. The Kier molecular flexibility index (Phi) is 9.72. The van der Waals surface area contributed by atoms with Crippen LogP contribution in [-0.4, -0.2) is 37.0 Å². The summed E-state index contributed by atoms with van der Waals surface area (Å²) >= 11 is 0. The fraction of sp³-hybridized carbons (Fsp3) is 0.684. The molecule has 0 aromatic heterocycles. The molecular weight excluding hydrogens is 290 g/mol. The van der Waals surface area contributed by atoms with Crippen molar-refractivity contribution in [3.05, 3.63) is 24.3 Å². The van der Waals surface area contributed by atoms with E-state index >= 15 is 0 Å². The van der Waals surface area contributed by atoms with Crippen LogP contribution in [0.4, 0.5) is 0 Å². The molecule has 0 amide bonds. The summed E-state index contributed by atoms with van der Waals surface area (Å²) in [5, 5.41) is 12.2. The third-order valence-corrected chi connectivity index (χ3v) is 3.83. The first-order valence-electron chi connectivity index (χ1n) is 8.88. The first-order valence-corrected chi connectivity index (χ1v) is 8.88. The number of quaternary nitrogens is 1. The van der Waals surface area contributed by atoms with Gasteiger partial charge in [-0.05, 0) is 56.9 Å². The van der Waals surface area contributed by atoms with Crippen LogP contribution in [0.2, 0.25) is 0 Å². The van der Waals surface area contributed by atoms with E-state index in [0.29, 0.717) is 25.8 Å². The van der Waals surface area contributed by atoms with E-state index in [1.54, 1.807) is 0 Å². The lowest BCUT2D eigenvalue weighted by Crippen LogP contribution is -2.91. The predicted molar refractivity (Wildman–Crippen MR) is 94.1 cm³/mol. The molecule has 4 nitrogen and oxygen atoms in total. The van der Waals surface area contributed by atoms with Gasteiger partial charge < -0.3 is 19.9 Å². The molecule has 0 saturated carbocycles. The summed E-state index contributed by atoms with van der Waals surface area (Å²) in [6.07, 6.45) is 3.29. The molecule has 0 heterocycles. The molecule has 1 aromatic carbocycles. The van der Waals surface area contributed by atoms with Gasteiger partial charge in [-0.2, -0.15) is 0 Å². The Morgan fingerprint density at radius 2 is 1.61 bits per heavy atom. The smallest absolute Gasteiger partial charge is 0.137 e. The van der Waals surface area contributed by atoms with Crippen LogP contribution in [0.3, 0.4) is 0 Å². The second kappa shape index (κ2) is 11.3. The van der Waals surface area contributed by atoms with Gasteiger partial charge in [0, 0.05) is 0 Å². The first-order chi connectivity index (χ1) is 11.0. The van der Waals surface area contributed by atoms with Crippen LogP contribution in [0.15, 0.2) is 24.3 Å². The first kappa shape index (κ1) is 19.8. The number of aliphatic hydroxyl groups excluding tert-OH is 1. The normalized spacial score (nSPS) is 13.8.